The lowest BCUT2D eigenvalue weighted by Gasteiger charge is -2.28. The van der Waals surface area contributed by atoms with Crippen molar-refractivity contribution in [1.82, 2.24) is 14.7 Å². The zero-order valence-corrected chi connectivity index (χ0v) is 25.5. The molecular weight excluding hydrogens is 524 g/mol. The Hall–Kier alpha value is -4.39. The summed E-state index contributed by atoms with van der Waals surface area (Å²) in [7, 11) is 1.62. The highest BCUT2D eigenvalue weighted by Gasteiger charge is 2.29. The molecule has 4 rings (SSSR count). The van der Waals surface area contributed by atoms with Gasteiger partial charge in [-0.1, -0.05) is 95.3 Å². The highest BCUT2D eigenvalue weighted by Crippen LogP contribution is 2.29. The number of anilines is 1. The van der Waals surface area contributed by atoms with Gasteiger partial charge >= 0.3 is 0 Å². The molecule has 0 radical (unpaired) electrons. The number of rotatable bonds is 11. The van der Waals surface area contributed by atoms with E-state index in [0.717, 1.165) is 34.7 Å². The van der Waals surface area contributed by atoms with Gasteiger partial charge in [0.1, 0.15) is 11.6 Å². The maximum atomic E-state index is 14.2. The lowest BCUT2D eigenvalue weighted by atomic mass is 9.90. The summed E-state index contributed by atoms with van der Waals surface area (Å²) in [4.78, 5) is 29.6. The molecule has 0 saturated carbocycles. The van der Waals surface area contributed by atoms with Crippen molar-refractivity contribution in [2.24, 2.45) is 5.92 Å². The van der Waals surface area contributed by atoms with E-state index in [-0.39, 0.29) is 23.8 Å². The Bertz CT molecular complexity index is 1420. The van der Waals surface area contributed by atoms with Crippen LogP contribution in [0.5, 0.6) is 5.75 Å². The van der Waals surface area contributed by atoms with Crippen LogP contribution in [0.2, 0.25) is 0 Å². The molecule has 0 bridgehead atoms. The quantitative estimate of drug-likeness (QED) is 0.216. The molecule has 0 atom stereocenters. The summed E-state index contributed by atoms with van der Waals surface area (Å²) in [6.45, 7) is 10.9. The third kappa shape index (κ3) is 7.66. The highest BCUT2D eigenvalue weighted by atomic mass is 16.5. The van der Waals surface area contributed by atoms with Crippen LogP contribution in [0.1, 0.15) is 63.8 Å². The molecule has 0 spiro atoms. The second kappa shape index (κ2) is 13.5. The number of nitrogens with one attached hydrogen (secondary N) is 1. The van der Waals surface area contributed by atoms with Gasteiger partial charge in [-0.2, -0.15) is 5.10 Å². The number of methoxy groups -OCH3 is 1. The molecule has 4 aromatic rings. The molecular formula is C35H42N4O3. The Morgan fingerprint density at radius 2 is 1.48 bits per heavy atom. The Morgan fingerprint density at radius 1 is 0.905 bits per heavy atom. The molecule has 7 heteroatoms. The van der Waals surface area contributed by atoms with E-state index < -0.39 is 5.92 Å². The van der Waals surface area contributed by atoms with Crippen LogP contribution in [-0.4, -0.2) is 46.7 Å². The lowest BCUT2D eigenvalue weighted by molar-refractivity contribution is -0.135. The van der Waals surface area contributed by atoms with Gasteiger partial charge in [0.25, 0.3) is 0 Å². The molecule has 42 heavy (non-hydrogen) atoms. The molecule has 7 nitrogen and oxygen atoms in total. The van der Waals surface area contributed by atoms with E-state index >= 15 is 0 Å². The summed E-state index contributed by atoms with van der Waals surface area (Å²) >= 11 is 0. The second-order valence-corrected chi connectivity index (χ2v) is 12.0. The number of hydrogen-bond acceptors (Lipinski definition) is 4. The third-order valence-electron chi connectivity index (χ3n) is 7.20. The topological polar surface area (TPSA) is 76.5 Å². The van der Waals surface area contributed by atoms with E-state index in [9.17, 15) is 9.59 Å². The maximum Gasteiger partial charge on any atom is 0.245 e. The van der Waals surface area contributed by atoms with E-state index in [1.54, 1.807) is 16.7 Å². The molecule has 0 saturated heterocycles. The van der Waals surface area contributed by atoms with Gasteiger partial charge in [0, 0.05) is 18.0 Å². The van der Waals surface area contributed by atoms with Crippen molar-refractivity contribution >= 4 is 17.6 Å². The third-order valence-corrected chi connectivity index (χ3v) is 7.20. The monoisotopic (exact) mass is 566 g/mol. The number of benzene rings is 3. The Morgan fingerprint density at radius 3 is 1.98 bits per heavy atom. The first-order valence-electron chi connectivity index (χ1n) is 14.5. The fourth-order valence-electron chi connectivity index (χ4n) is 4.74. The van der Waals surface area contributed by atoms with Crippen LogP contribution in [0.15, 0.2) is 91.0 Å². The van der Waals surface area contributed by atoms with E-state index in [0.29, 0.717) is 18.3 Å². The first-order valence-corrected chi connectivity index (χ1v) is 14.5. The molecule has 0 unspecified atom stereocenters. The number of carbonyl (C=O) groups excluding carboxylic acids is 2. The van der Waals surface area contributed by atoms with Gasteiger partial charge in [0.15, 0.2) is 0 Å². The van der Waals surface area contributed by atoms with E-state index in [4.69, 9.17) is 9.84 Å². The number of carbonyl (C=O) groups is 2. The second-order valence-electron chi connectivity index (χ2n) is 12.0. The first kappa shape index (κ1) is 30.6. The minimum atomic E-state index is -0.510. The van der Waals surface area contributed by atoms with Crippen molar-refractivity contribution in [3.05, 3.63) is 108 Å². The van der Waals surface area contributed by atoms with Gasteiger partial charge in [0.2, 0.25) is 11.8 Å². The molecule has 2 amide bonds. The lowest BCUT2D eigenvalue weighted by Crippen LogP contribution is -2.42. The van der Waals surface area contributed by atoms with Crippen molar-refractivity contribution in [2.75, 3.05) is 25.5 Å². The molecule has 1 heterocycles. The normalized spacial score (nSPS) is 11.5. The molecule has 220 valence electrons. The minimum absolute atomic E-state index is 0.0691. The Kier molecular flexibility index (Phi) is 9.84. The number of ether oxygens (including phenoxy) is 1. The van der Waals surface area contributed by atoms with Crippen molar-refractivity contribution in [2.45, 2.75) is 52.4 Å². The first-order chi connectivity index (χ1) is 20.1. The summed E-state index contributed by atoms with van der Waals surface area (Å²) in [5.74, 6) is 0.780. The van der Waals surface area contributed by atoms with E-state index in [2.05, 4.69) is 39.9 Å². The van der Waals surface area contributed by atoms with Crippen LogP contribution in [0.25, 0.3) is 5.69 Å². The summed E-state index contributed by atoms with van der Waals surface area (Å²) in [6.07, 6.45) is 0.785. The van der Waals surface area contributed by atoms with Gasteiger partial charge in [-0.3, -0.25) is 9.59 Å². The number of aromatic nitrogens is 2. The summed E-state index contributed by atoms with van der Waals surface area (Å²) in [6, 6.07) is 29.0. The van der Waals surface area contributed by atoms with Gasteiger partial charge in [0.05, 0.1) is 31.0 Å². The van der Waals surface area contributed by atoms with Crippen LogP contribution < -0.4 is 10.1 Å². The molecule has 3 aromatic carbocycles. The predicted octanol–water partition coefficient (Wildman–Crippen LogP) is 6.82. The van der Waals surface area contributed by atoms with Gasteiger partial charge in [-0.05, 0) is 47.7 Å². The van der Waals surface area contributed by atoms with Crippen LogP contribution in [0, 0.1) is 5.92 Å². The standard InChI is InChI=1S/C35H42N4O3/c1-25(2)21-22-38(34(41)33(26-13-9-7-10-14-26)27-15-11-8-12-16-27)24-32(40)36-31-23-30(35(3,4)5)37-39(31)28-17-19-29(42-6)20-18-28/h7-20,23,25,33H,21-22,24H2,1-6H3,(H,36,40). The van der Waals surface area contributed by atoms with Crippen molar-refractivity contribution in [3.8, 4) is 11.4 Å². The summed E-state index contributed by atoms with van der Waals surface area (Å²) < 4.78 is 7.04. The number of nitrogens with zero attached hydrogens (tertiary/aromatic N) is 3. The molecule has 1 aromatic heterocycles. The molecule has 0 aliphatic heterocycles. The molecule has 0 aliphatic rings. The van der Waals surface area contributed by atoms with Gasteiger partial charge in [-0.25, -0.2) is 4.68 Å². The fraction of sp³-hybridized carbons (Fsp3) is 0.343. The summed E-state index contributed by atoms with van der Waals surface area (Å²) in [5.41, 5.74) is 3.21. The van der Waals surface area contributed by atoms with E-state index in [1.807, 2.05) is 91.0 Å². The number of amides is 2. The average molecular weight is 567 g/mol. The molecule has 1 N–H and O–H groups in total. The van der Waals surface area contributed by atoms with Crippen molar-refractivity contribution in [3.63, 3.8) is 0 Å². The van der Waals surface area contributed by atoms with E-state index in [1.165, 1.54) is 0 Å². The molecule has 0 aliphatic carbocycles. The van der Waals surface area contributed by atoms with Crippen molar-refractivity contribution < 1.29 is 14.3 Å². The average Bonchev–Trinajstić information content (AvgIpc) is 3.40. The zero-order chi connectivity index (χ0) is 30.3. The van der Waals surface area contributed by atoms with Gasteiger partial charge in [-0.15, -0.1) is 0 Å². The van der Waals surface area contributed by atoms with Crippen LogP contribution >= 0.6 is 0 Å². The zero-order valence-electron chi connectivity index (χ0n) is 25.5. The predicted molar refractivity (Wildman–Crippen MR) is 168 cm³/mol. The minimum Gasteiger partial charge on any atom is -0.497 e. The Balaban J connectivity index is 1.64. The van der Waals surface area contributed by atoms with Crippen molar-refractivity contribution in [1.29, 1.82) is 0 Å². The largest absolute Gasteiger partial charge is 0.497 e. The smallest absolute Gasteiger partial charge is 0.245 e. The summed E-state index contributed by atoms with van der Waals surface area (Å²) in [5, 5.41) is 7.88. The Labute approximate surface area is 249 Å². The SMILES string of the molecule is COc1ccc(-n2nc(C(C)(C)C)cc2NC(=O)CN(CCC(C)C)C(=O)C(c2ccccc2)c2ccccc2)cc1. The number of hydrogen-bond donors (Lipinski definition) is 1. The van der Waals surface area contributed by atoms with Crippen LogP contribution in [-0.2, 0) is 15.0 Å². The van der Waals surface area contributed by atoms with Crippen LogP contribution in [0.3, 0.4) is 0 Å². The molecule has 0 fully saturated rings. The fourth-order valence-corrected chi connectivity index (χ4v) is 4.74. The van der Waals surface area contributed by atoms with Crippen LogP contribution in [0.4, 0.5) is 5.82 Å². The maximum absolute atomic E-state index is 14.2. The van der Waals surface area contributed by atoms with Gasteiger partial charge < -0.3 is 15.0 Å². The highest BCUT2D eigenvalue weighted by molar-refractivity contribution is 5.96.